The quantitative estimate of drug-likeness (QED) is 0.580. The number of halogens is 2. The van der Waals surface area contributed by atoms with E-state index >= 15 is 0 Å². The van der Waals surface area contributed by atoms with Crippen molar-refractivity contribution in [1.29, 1.82) is 0 Å². The van der Waals surface area contributed by atoms with Crippen LogP contribution in [0.15, 0.2) is 0 Å². The molecule has 0 spiro atoms. The lowest BCUT2D eigenvalue weighted by atomic mass is 10.4. The van der Waals surface area contributed by atoms with E-state index in [4.69, 9.17) is 23.2 Å². The van der Waals surface area contributed by atoms with Crippen molar-refractivity contribution in [2.24, 2.45) is 0 Å². The SMILES string of the molecule is C[C@@H](O)c1nc2nc(Cl)nc(Cl)c2[nH]1. The van der Waals surface area contributed by atoms with Crippen molar-refractivity contribution in [1.82, 2.24) is 19.9 Å². The average Bonchev–Trinajstić information content (AvgIpc) is 2.47. The van der Waals surface area contributed by atoms with Crippen molar-refractivity contribution in [3.8, 4) is 0 Å². The zero-order chi connectivity index (χ0) is 10.3. The third-order valence-electron chi connectivity index (χ3n) is 1.69. The zero-order valence-corrected chi connectivity index (χ0v) is 8.63. The van der Waals surface area contributed by atoms with Gasteiger partial charge < -0.3 is 10.1 Å². The van der Waals surface area contributed by atoms with Crippen molar-refractivity contribution in [2.75, 3.05) is 0 Å². The molecule has 0 saturated heterocycles. The van der Waals surface area contributed by atoms with Crippen LogP contribution in [0.4, 0.5) is 0 Å². The van der Waals surface area contributed by atoms with Crippen LogP contribution in [-0.4, -0.2) is 25.0 Å². The summed E-state index contributed by atoms with van der Waals surface area (Å²) in [6, 6.07) is 0. The number of aliphatic hydroxyl groups is 1. The minimum atomic E-state index is -0.709. The Kier molecular flexibility index (Phi) is 2.30. The van der Waals surface area contributed by atoms with Crippen LogP contribution in [0.1, 0.15) is 18.9 Å². The minimum Gasteiger partial charge on any atom is -0.385 e. The third-order valence-corrected chi connectivity index (χ3v) is 2.14. The smallest absolute Gasteiger partial charge is 0.225 e. The molecular formula is C7H6Cl2N4O. The van der Waals surface area contributed by atoms with Gasteiger partial charge in [-0.15, -0.1) is 0 Å². The molecule has 74 valence electrons. The molecule has 1 atom stereocenters. The second-order valence-electron chi connectivity index (χ2n) is 2.78. The molecule has 0 fully saturated rings. The first-order valence-corrected chi connectivity index (χ1v) is 4.60. The fourth-order valence-corrected chi connectivity index (χ4v) is 1.47. The highest BCUT2D eigenvalue weighted by Crippen LogP contribution is 2.21. The monoisotopic (exact) mass is 232 g/mol. The summed E-state index contributed by atoms with van der Waals surface area (Å²) < 4.78 is 0. The number of nitrogens with one attached hydrogen (secondary N) is 1. The lowest BCUT2D eigenvalue weighted by Gasteiger charge is -1.95. The molecular weight excluding hydrogens is 227 g/mol. The molecule has 0 aliphatic carbocycles. The van der Waals surface area contributed by atoms with E-state index in [0.29, 0.717) is 17.0 Å². The van der Waals surface area contributed by atoms with Crippen LogP contribution in [0.25, 0.3) is 11.2 Å². The van der Waals surface area contributed by atoms with E-state index in [9.17, 15) is 5.11 Å². The zero-order valence-electron chi connectivity index (χ0n) is 7.12. The van der Waals surface area contributed by atoms with Gasteiger partial charge in [-0.1, -0.05) is 11.6 Å². The van der Waals surface area contributed by atoms with E-state index < -0.39 is 6.10 Å². The van der Waals surface area contributed by atoms with E-state index in [-0.39, 0.29) is 10.4 Å². The molecule has 0 radical (unpaired) electrons. The summed E-state index contributed by atoms with van der Waals surface area (Å²) in [5, 5.41) is 9.49. The van der Waals surface area contributed by atoms with Crippen molar-refractivity contribution >= 4 is 34.4 Å². The van der Waals surface area contributed by atoms with Crippen LogP contribution in [0.2, 0.25) is 10.4 Å². The van der Waals surface area contributed by atoms with Crippen LogP contribution >= 0.6 is 23.2 Å². The maximum atomic E-state index is 9.27. The van der Waals surface area contributed by atoms with E-state index in [1.54, 1.807) is 6.92 Å². The molecule has 2 heterocycles. The number of aliphatic hydroxyl groups excluding tert-OH is 1. The van der Waals surface area contributed by atoms with Crippen molar-refractivity contribution in [2.45, 2.75) is 13.0 Å². The summed E-state index contributed by atoms with van der Waals surface area (Å²) in [7, 11) is 0. The van der Waals surface area contributed by atoms with Gasteiger partial charge in [-0.05, 0) is 18.5 Å². The first-order chi connectivity index (χ1) is 6.58. The Labute approximate surface area is 89.1 Å². The fraction of sp³-hybridized carbons (Fsp3) is 0.286. The molecule has 5 nitrogen and oxygen atoms in total. The number of imidazole rings is 1. The molecule has 0 bridgehead atoms. The molecule has 2 rings (SSSR count). The number of aromatic nitrogens is 4. The molecule has 0 amide bonds. The molecule has 0 aliphatic heterocycles. The highest BCUT2D eigenvalue weighted by Gasteiger charge is 2.12. The lowest BCUT2D eigenvalue weighted by molar-refractivity contribution is 0.190. The van der Waals surface area contributed by atoms with E-state index in [2.05, 4.69) is 19.9 Å². The number of H-pyrrole nitrogens is 1. The Morgan fingerprint density at radius 2 is 2.00 bits per heavy atom. The normalized spacial score (nSPS) is 13.4. The first kappa shape index (κ1) is 9.64. The maximum Gasteiger partial charge on any atom is 0.225 e. The number of hydrogen-bond acceptors (Lipinski definition) is 4. The Hall–Kier alpha value is -0.910. The van der Waals surface area contributed by atoms with Crippen molar-refractivity contribution < 1.29 is 5.11 Å². The number of fused-ring (bicyclic) bond motifs is 1. The van der Waals surface area contributed by atoms with E-state index in [0.717, 1.165) is 0 Å². The molecule has 2 aromatic heterocycles. The fourth-order valence-electron chi connectivity index (χ4n) is 1.05. The molecule has 0 saturated carbocycles. The first-order valence-electron chi connectivity index (χ1n) is 3.84. The van der Waals surface area contributed by atoms with Gasteiger partial charge in [0.15, 0.2) is 10.8 Å². The largest absolute Gasteiger partial charge is 0.385 e. The highest BCUT2D eigenvalue weighted by atomic mass is 35.5. The summed E-state index contributed by atoms with van der Waals surface area (Å²) in [6.45, 7) is 1.58. The van der Waals surface area contributed by atoms with Gasteiger partial charge in [0.2, 0.25) is 5.28 Å². The predicted octanol–water partition coefficient (Wildman–Crippen LogP) is 1.71. The number of aromatic amines is 1. The molecule has 7 heteroatoms. The molecule has 0 unspecified atom stereocenters. The predicted molar refractivity (Wildman–Crippen MR) is 52.3 cm³/mol. The summed E-state index contributed by atoms with van der Waals surface area (Å²) >= 11 is 11.4. The molecule has 2 N–H and O–H groups in total. The molecule has 0 aromatic carbocycles. The van der Waals surface area contributed by atoms with Gasteiger partial charge in [0.1, 0.15) is 17.4 Å². The Bertz CT molecular complexity index is 482. The maximum absolute atomic E-state index is 9.27. The lowest BCUT2D eigenvalue weighted by Crippen LogP contribution is -1.92. The van der Waals surface area contributed by atoms with Crippen molar-refractivity contribution in [3.63, 3.8) is 0 Å². The molecule has 2 aromatic rings. The van der Waals surface area contributed by atoms with Gasteiger partial charge in [-0.3, -0.25) is 0 Å². The van der Waals surface area contributed by atoms with Gasteiger partial charge in [0.25, 0.3) is 0 Å². The topological polar surface area (TPSA) is 74.7 Å². The molecule has 0 aliphatic rings. The average molecular weight is 233 g/mol. The summed E-state index contributed by atoms with van der Waals surface area (Å²) in [6.07, 6.45) is -0.709. The van der Waals surface area contributed by atoms with Crippen LogP contribution < -0.4 is 0 Å². The molecule has 14 heavy (non-hydrogen) atoms. The standard InChI is InChI=1S/C7H6Cl2N4O/c1-2(14)5-10-3-4(8)11-7(9)13-6(3)12-5/h2,14H,1H3,(H,10,11,12,13)/t2-/m1/s1. The number of rotatable bonds is 1. The van der Waals surface area contributed by atoms with Gasteiger partial charge in [-0.2, -0.15) is 4.98 Å². The Balaban J connectivity index is 2.70. The van der Waals surface area contributed by atoms with E-state index in [1.165, 1.54) is 0 Å². The Morgan fingerprint density at radius 3 is 2.64 bits per heavy atom. The Morgan fingerprint density at radius 1 is 1.29 bits per heavy atom. The van der Waals surface area contributed by atoms with Gasteiger partial charge in [-0.25, -0.2) is 9.97 Å². The van der Waals surface area contributed by atoms with Crippen LogP contribution in [0, 0.1) is 0 Å². The summed E-state index contributed by atoms with van der Waals surface area (Å²) in [4.78, 5) is 14.4. The van der Waals surface area contributed by atoms with Gasteiger partial charge in [0, 0.05) is 0 Å². The van der Waals surface area contributed by atoms with Crippen LogP contribution in [0.5, 0.6) is 0 Å². The highest BCUT2D eigenvalue weighted by molar-refractivity contribution is 6.35. The van der Waals surface area contributed by atoms with Gasteiger partial charge >= 0.3 is 0 Å². The number of nitrogens with zero attached hydrogens (tertiary/aromatic N) is 3. The minimum absolute atomic E-state index is 0.0335. The van der Waals surface area contributed by atoms with Crippen LogP contribution in [-0.2, 0) is 0 Å². The summed E-state index contributed by atoms with van der Waals surface area (Å²) in [5.41, 5.74) is 0.831. The van der Waals surface area contributed by atoms with Crippen molar-refractivity contribution in [3.05, 3.63) is 16.3 Å². The second kappa shape index (κ2) is 3.34. The second-order valence-corrected chi connectivity index (χ2v) is 3.48. The van der Waals surface area contributed by atoms with Crippen LogP contribution in [0.3, 0.4) is 0 Å². The number of hydrogen-bond donors (Lipinski definition) is 2. The van der Waals surface area contributed by atoms with Gasteiger partial charge in [0.05, 0.1) is 0 Å². The third kappa shape index (κ3) is 1.54. The van der Waals surface area contributed by atoms with E-state index in [1.807, 2.05) is 0 Å². The summed E-state index contributed by atoms with van der Waals surface area (Å²) in [5.74, 6) is 0.387.